The third kappa shape index (κ3) is 7.30. The Bertz CT molecular complexity index is 3820. The standard InChI is InChI=1S/C64H44N2O4/c1-41-13-9-11-19-57(41)65(47-25-29-53(30-26-47)67-51-15-5-3-6-16-51)49-23-21-43-37-55-61(39-45(43)35-49)69-59-33-34-60-64(63(55)59)56-38-44-22-24-50(36-46(44)40-62(56)70-60)66(58-20-12-10-14-42(58)2)48-27-31-54(32-28-48)68-52-17-7-4-8-18-52/h3-40H,1-2H3. The summed E-state index contributed by atoms with van der Waals surface area (Å²) >= 11 is 0. The van der Waals surface area contributed by atoms with Crippen molar-refractivity contribution in [1.82, 2.24) is 0 Å². The molecule has 0 saturated carbocycles. The zero-order chi connectivity index (χ0) is 46.7. The van der Waals surface area contributed by atoms with Gasteiger partial charge in [0.15, 0.2) is 0 Å². The van der Waals surface area contributed by atoms with Crippen molar-refractivity contribution in [2.75, 3.05) is 9.80 Å². The predicted molar refractivity (Wildman–Crippen MR) is 288 cm³/mol. The highest BCUT2D eigenvalue weighted by Crippen LogP contribution is 2.45. The van der Waals surface area contributed by atoms with E-state index in [0.29, 0.717) is 0 Å². The zero-order valence-electron chi connectivity index (χ0n) is 38.5. The number of furan rings is 2. The summed E-state index contributed by atoms with van der Waals surface area (Å²) in [6.45, 7) is 4.30. The van der Waals surface area contributed by atoms with Gasteiger partial charge in [-0.05, 0) is 192 Å². The lowest BCUT2D eigenvalue weighted by molar-refractivity contribution is 0.482. The first kappa shape index (κ1) is 41.0. The van der Waals surface area contributed by atoms with Gasteiger partial charge in [-0.15, -0.1) is 0 Å². The molecule has 0 fully saturated rings. The summed E-state index contributed by atoms with van der Waals surface area (Å²) in [4.78, 5) is 4.61. The van der Waals surface area contributed by atoms with Gasteiger partial charge in [-0.3, -0.25) is 0 Å². The molecule has 0 aliphatic rings. The molecule has 6 heteroatoms. The van der Waals surface area contributed by atoms with Gasteiger partial charge in [0.2, 0.25) is 0 Å². The molecular weight excluding hydrogens is 861 g/mol. The minimum Gasteiger partial charge on any atom is -0.457 e. The monoisotopic (exact) mass is 904 g/mol. The summed E-state index contributed by atoms with van der Waals surface area (Å²) < 4.78 is 25.7. The van der Waals surface area contributed by atoms with Crippen molar-refractivity contribution in [3.8, 4) is 23.0 Å². The molecule has 334 valence electrons. The van der Waals surface area contributed by atoms with Gasteiger partial charge in [0.1, 0.15) is 45.3 Å². The van der Waals surface area contributed by atoms with Crippen molar-refractivity contribution >= 4 is 99.5 Å². The van der Waals surface area contributed by atoms with Crippen LogP contribution in [0.5, 0.6) is 23.0 Å². The summed E-state index contributed by atoms with van der Waals surface area (Å²) in [5, 5.41) is 8.62. The fourth-order valence-electron chi connectivity index (χ4n) is 9.93. The number of fused-ring (bicyclic) bond motifs is 9. The Morgan fingerprint density at radius 3 is 1.09 bits per heavy atom. The second-order valence-corrected chi connectivity index (χ2v) is 17.8. The molecule has 0 aliphatic heterocycles. The third-order valence-corrected chi connectivity index (χ3v) is 13.3. The molecule has 13 rings (SSSR count). The molecule has 2 aromatic heterocycles. The SMILES string of the molecule is Cc1ccccc1N(c1ccc(Oc2ccccc2)cc1)c1ccc2cc3c(cc2c1)oc1ccc2oc4cc5cc(N(c6ccc(Oc7ccccc7)cc6)c6ccccc6C)ccc5cc4c2c13. The highest BCUT2D eigenvalue weighted by Gasteiger charge is 2.21. The molecule has 6 nitrogen and oxygen atoms in total. The fraction of sp³-hybridized carbons (Fsp3) is 0.0312. The Kier molecular flexibility index (Phi) is 9.84. The maximum atomic E-state index is 6.72. The van der Waals surface area contributed by atoms with Crippen molar-refractivity contribution < 1.29 is 18.3 Å². The van der Waals surface area contributed by atoms with E-state index in [9.17, 15) is 0 Å². The van der Waals surface area contributed by atoms with Crippen molar-refractivity contribution in [3.05, 3.63) is 242 Å². The average molecular weight is 905 g/mol. The van der Waals surface area contributed by atoms with Crippen molar-refractivity contribution in [2.45, 2.75) is 13.8 Å². The van der Waals surface area contributed by atoms with Gasteiger partial charge < -0.3 is 28.1 Å². The highest BCUT2D eigenvalue weighted by molar-refractivity contribution is 6.28. The van der Waals surface area contributed by atoms with Gasteiger partial charge in [0.05, 0.1) is 0 Å². The smallest absolute Gasteiger partial charge is 0.136 e. The van der Waals surface area contributed by atoms with E-state index < -0.39 is 0 Å². The van der Waals surface area contributed by atoms with E-state index in [2.05, 4.69) is 157 Å². The van der Waals surface area contributed by atoms with E-state index >= 15 is 0 Å². The minimum absolute atomic E-state index is 0.779. The Hall–Kier alpha value is -9.26. The summed E-state index contributed by atoms with van der Waals surface area (Å²) in [6, 6.07) is 79.6. The van der Waals surface area contributed by atoms with Crippen molar-refractivity contribution in [2.24, 2.45) is 0 Å². The van der Waals surface area contributed by atoms with Gasteiger partial charge in [-0.25, -0.2) is 0 Å². The van der Waals surface area contributed by atoms with Crippen LogP contribution in [0.15, 0.2) is 239 Å². The van der Waals surface area contributed by atoms with Crippen LogP contribution in [0.25, 0.3) is 65.4 Å². The number of rotatable bonds is 10. The minimum atomic E-state index is 0.779. The molecular formula is C64H44N2O4. The number of ether oxygens (including phenoxy) is 2. The normalized spacial score (nSPS) is 11.6. The van der Waals surface area contributed by atoms with Crippen molar-refractivity contribution in [3.63, 3.8) is 0 Å². The van der Waals surface area contributed by atoms with Crippen LogP contribution in [0.1, 0.15) is 11.1 Å². The molecule has 0 saturated heterocycles. The second-order valence-electron chi connectivity index (χ2n) is 17.8. The molecule has 70 heavy (non-hydrogen) atoms. The lowest BCUT2D eigenvalue weighted by Crippen LogP contribution is -2.11. The molecule has 0 unspecified atom stereocenters. The molecule has 0 radical (unpaired) electrons. The number of para-hydroxylation sites is 4. The molecule has 0 bridgehead atoms. The van der Waals surface area contributed by atoms with Crippen LogP contribution in [0, 0.1) is 13.8 Å². The number of hydrogen-bond acceptors (Lipinski definition) is 6. The van der Waals surface area contributed by atoms with Crippen LogP contribution < -0.4 is 19.3 Å². The number of benzene rings is 11. The van der Waals surface area contributed by atoms with Gasteiger partial charge in [0, 0.05) is 55.7 Å². The van der Waals surface area contributed by atoms with E-state index in [1.54, 1.807) is 0 Å². The van der Waals surface area contributed by atoms with Crippen LogP contribution in [0.4, 0.5) is 34.1 Å². The van der Waals surface area contributed by atoms with E-state index in [1.165, 1.54) is 11.1 Å². The maximum Gasteiger partial charge on any atom is 0.136 e. The Balaban J connectivity index is 0.879. The van der Waals surface area contributed by atoms with Crippen LogP contribution >= 0.6 is 0 Å². The fourth-order valence-corrected chi connectivity index (χ4v) is 9.93. The molecule has 11 aromatic carbocycles. The number of aryl methyl sites for hydroxylation is 2. The Morgan fingerprint density at radius 1 is 0.300 bits per heavy atom. The Labute approximate surface area is 404 Å². The van der Waals surface area contributed by atoms with E-state index in [0.717, 1.165) is 123 Å². The quantitative estimate of drug-likeness (QED) is 0.136. The molecule has 0 atom stereocenters. The molecule has 13 aromatic rings. The topological polar surface area (TPSA) is 51.2 Å². The summed E-state index contributed by atoms with van der Waals surface area (Å²) in [5.74, 6) is 3.17. The summed E-state index contributed by atoms with van der Waals surface area (Å²) in [7, 11) is 0. The van der Waals surface area contributed by atoms with Gasteiger partial charge in [-0.1, -0.05) is 84.9 Å². The van der Waals surface area contributed by atoms with E-state index in [4.69, 9.17) is 18.3 Å². The lowest BCUT2D eigenvalue weighted by atomic mass is 10.00. The molecule has 0 amide bonds. The average Bonchev–Trinajstić information content (AvgIpc) is 3.94. The van der Waals surface area contributed by atoms with E-state index in [-0.39, 0.29) is 0 Å². The first-order valence-corrected chi connectivity index (χ1v) is 23.5. The molecule has 0 N–H and O–H groups in total. The predicted octanol–water partition coefficient (Wildman–Crippen LogP) is 18.9. The third-order valence-electron chi connectivity index (χ3n) is 13.3. The first-order chi connectivity index (χ1) is 34.5. The van der Waals surface area contributed by atoms with E-state index in [1.807, 2.05) is 97.1 Å². The lowest BCUT2D eigenvalue weighted by Gasteiger charge is -2.27. The first-order valence-electron chi connectivity index (χ1n) is 23.5. The molecule has 0 spiro atoms. The van der Waals surface area contributed by atoms with Gasteiger partial charge >= 0.3 is 0 Å². The Morgan fingerprint density at radius 2 is 0.671 bits per heavy atom. The van der Waals surface area contributed by atoms with Crippen LogP contribution in [-0.2, 0) is 0 Å². The van der Waals surface area contributed by atoms with Crippen molar-refractivity contribution in [1.29, 1.82) is 0 Å². The number of hydrogen-bond donors (Lipinski definition) is 0. The van der Waals surface area contributed by atoms with Crippen LogP contribution in [0.2, 0.25) is 0 Å². The summed E-state index contributed by atoms with van der Waals surface area (Å²) in [6.07, 6.45) is 0. The van der Waals surface area contributed by atoms with Gasteiger partial charge in [0.25, 0.3) is 0 Å². The largest absolute Gasteiger partial charge is 0.457 e. The number of anilines is 6. The molecule has 2 heterocycles. The van der Waals surface area contributed by atoms with Crippen LogP contribution in [-0.4, -0.2) is 0 Å². The number of nitrogens with zero attached hydrogens (tertiary/aromatic N) is 2. The van der Waals surface area contributed by atoms with Crippen LogP contribution in [0.3, 0.4) is 0 Å². The maximum absolute atomic E-state index is 6.72. The molecule has 0 aliphatic carbocycles. The second kappa shape index (κ2) is 16.8. The summed E-state index contributed by atoms with van der Waals surface area (Å²) in [5.41, 5.74) is 12.0. The van der Waals surface area contributed by atoms with Gasteiger partial charge in [-0.2, -0.15) is 0 Å². The highest BCUT2D eigenvalue weighted by atomic mass is 16.5. The zero-order valence-corrected chi connectivity index (χ0v) is 38.5.